The van der Waals surface area contributed by atoms with Crippen molar-refractivity contribution in [3.63, 3.8) is 0 Å². The van der Waals surface area contributed by atoms with E-state index in [2.05, 4.69) is 26.1 Å². The topological polar surface area (TPSA) is 12.0 Å². The summed E-state index contributed by atoms with van der Waals surface area (Å²) in [6, 6.07) is 0. The second-order valence-electron chi connectivity index (χ2n) is 2.49. The smallest absolute Gasteiger partial charge is 0.0119 e. The Morgan fingerprint density at radius 3 is 2.00 bits per heavy atom. The van der Waals surface area contributed by atoms with Gasteiger partial charge in [-0.3, -0.25) is 0 Å². The zero-order valence-corrected chi connectivity index (χ0v) is 5.71. The lowest BCUT2D eigenvalue weighted by Crippen LogP contribution is -2.34. The molecule has 46 valence electrons. The lowest BCUT2D eigenvalue weighted by molar-refractivity contribution is 0.411. The van der Waals surface area contributed by atoms with Crippen molar-refractivity contribution in [1.29, 1.82) is 0 Å². The Bertz CT molecular complexity index is 46.5. The molecule has 0 amide bonds. The molecule has 0 unspecified atom stereocenters. The SMILES string of the molecule is CCC(C)(C)NC.[HH]. The molecule has 0 atom stereocenters. The van der Waals surface area contributed by atoms with Crippen LogP contribution in [0.2, 0.25) is 0 Å². The van der Waals surface area contributed by atoms with Crippen molar-refractivity contribution in [2.45, 2.75) is 32.7 Å². The fourth-order valence-corrected chi connectivity index (χ4v) is 0.177. The number of rotatable bonds is 2. The molecule has 0 spiro atoms. The number of hydrogen-bond acceptors (Lipinski definition) is 1. The Kier molecular flexibility index (Phi) is 2.30. The normalized spacial score (nSPS) is 12.0. The van der Waals surface area contributed by atoms with E-state index >= 15 is 0 Å². The van der Waals surface area contributed by atoms with E-state index in [4.69, 9.17) is 0 Å². The minimum Gasteiger partial charge on any atom is -0.315 e. The molecule has 0 bridgehead atoms. The predicted octanol–water partition coefficient (Wildman–Crippen LogP) is 1.64. The third kappa shape index (κ3) is 2.63. The predicted molar refractivity (Wildman–Crippen MR) is 35.5 cm³/mol. The quantitative estimate of drug-likeness (QED) is 0.560. The summed E-state index contributed by atoms with van der Waals surface area (Å²) in [6.45, 7) is 6.55. The van der Waals surface area contributed by atoms with Gasteiger partial charge in [-0.15, -0.1) is 0 Å². The molecule has 0 saturated heterocycles. The van der Waals surface area contributed by atoms with Crippen molar-refractivity contribution in [1.82, 2.24) is 5.32 Å². The van der Waals surface area contributed by atoms with Gasteiger partial charge in [0.05, 0.1) is 0 Å². The van der Waals surface area contributed by atoms with Gasteiger partial charge in [0.2, 0.25) is 0 Å². The molecule has 0 aliphatic rings. The first kappa shape index (κ1) is 6.96. The molecule has 0 fully saturated rings. The first-order valence-electron chi connectivity index (χ1n) is 2.81. The minimum atomic E-state index is 0. The lowest BCUT2D eigenvalue weighted by atomic mass is 10.0. The largest absolute Gasteiger partial charge is 0.315 e. The Labute approximate surface area is 47.6 Å². The van der Waals surface area contributed by atoms with Gasteiger partial charge >= 0.3 is 0 Å². The zero-order chi connectivity index (χ0) is 5.91. The number of hydrogen-bond donors (Lipinski definition) is 1. The average Bonchev–Trinajstić information content (AvgIpc) is 1.68. The van der Waals surface area contributed by atoms with E-state index < -0.39 is 0 Å². The summed E-state index contributed by atoms with van der Waals surface area (Å²) in [4.78, 5) is 0. The zero-order valence-electron chi connectivity index (χ0n) is 5.71. The molecule has 0 aromatic heterocycles. The van der Waals surface area contributed by atoms with E-state index in [1.807, 2.05) is 7.05 Å². The lowest BCUT2D eigenvalue weighted by Gasteiger charge is -2.20. The number of nitrogens with one attached hydrogen (secondary N) is 1. The Balaban J connectivity index is 0. The van der Waals surface area contributed by atoms with Crippen LogP contribution in [0.5, 0.6) is 0 Å². The van der Waals surface area contributed by atoms with Crippen LogP contribution in [0.4, 0.5) is 0 Å². The first-order valence-corrected chi connectivity index (χ1v) is 2.81. The van der Waals surface area contributed by atoms with E-state index in [1.165, 1.54) is 6.42 Å². The van der Waals surface area contributed by atoms with Gasteiger partial charge in [0.15, 0.2) is 0 Å². The van der Waals surface area contributed by atoms with Crippen LogP contribution in [0.1, 0.15) is 28.6 Å². The van der Waals surface area contributed by atoms with E-state index in [9.17, 15) is 0 Å². The Morgan fingerprint density at radius 2 is 2.00 bits per heavy atom. The highest BCUT2D eigenvalue weighted by atomic mass is 14.9. The highest BCUT2D eigenvalue weighted by Gasteiger charge is 2.08. The van der Waals surface area contributed by atoms with Crippen molar-refractivity contribution in [3.8, 4) is 0 Å². The van der Waals surface area contributed by atoms with E-state index in [1.54, 1.807) is 0 Å². The molecule has 0 aliphatic carbocycles. The van der Waals surface area contributed by atoms with Crippen LogP contribution >= 0.6 is 0 Å². The summed E-state index contributed by atoms with van der Waals surface area (Å²) in [5.74, 6) is 0. The van der Waals surface area contributed by atoms with E-state index in [0.29, 0.717) is 5.54 Å². The van der Waals surface area contributed by atoms with Crippen molar-refractivity contribution >= 4 is 0 Å². The molecule has 0 aliphatic heterocycles. The van der Waals surface area contributed by atoms with Gasteiger partial charge in [-0.05, 0) is 27.3 Å². The Hall–Kier alpha value is -0.0400. The molecule has 0 radical (unpaired) electrons. The van der Waals surface area contributed by atoms with Crippen LogP contribution in [-0.2, 0) is 0 Å². The average molecular weight is 103 g/mol. The standard InChI is InChI=1S/C6H15N.H2/c1-5-6(2,3)7-4;/h7H,5H2,1-4H3;1H. The van der Waals surface area contributed by atoms with Gasteiger partial charge in [-0.2, -0.15) is 0 Å². The molecular weight excluding hydrogens is 86.1 g/mol. The summed E-state index contributed by atoms with van der Waals surface area (Å²) in [6.07, 6.45) is 1.18. The van der Waals surface area contributed by atoms with Crippen LogP contribution in [0.15, 0.2) is 0 Å². The molecule has 1 N–H and O–H groups in total. The Morgan fingerprint density at radius 1 is 1.57 bits per heavy atom. The first-order chi connectivity index (χ1) is 3.12. The fourth-order valence-electron chi connectivity index (χ4n) is 0.177. The minimum absolute atomic E-state index is 0. The third-order valence-electron chi connectivity index (χ3n) is 1.56. The second kappa shape index (κ2) is 2.31. The van der Waals surface area contributed by atoms with Gasteiger partial charge in [-0.25, -0.2) is 0 Å². The maximum absolute atomic E-state index is 3.19. The molecule has 0 heterocycles. The molecule has 0 rings (SSSR count). The third-order valence-corrected chi connectivity index (χ3v) is 1.56. The van der Waals surface area contributed by atoms with E-state index in [-0.39, 0.29) is 1.43 Å². The molecule has 7 heavy (non-hydrogen) atoms. The fraction of sp³-hybridized carbons (Fsp3) is 1.00. The monoisotopic (exact) mass is 103 g/mol. The summed E-state index contributed by atoms with van der Waals surface area (Å²) in [7, 11) is 1.99. The molecule has 1 heteroatoms. The molecule has 0 aromatic rings. The van der Waals surface area contributed by atoms with Crippen LogP contribution in [0, 0.1) is 0 Å². The molecule has 0 saturated carbocycles. The summed E-state index contributed by atoms with van der Waals surface area (Å²) < 4.78 is 0. The van der Waals surface area contributed by atoms with Gasteiger partial charge in [0.25, 0.3) is 0 Å². The second-order valence-corrected chi connectivity index (χ2v) is 2.49. The summed E-state index contributed by atoms with van der Waals surface area (Å²) in [5.41, 5.74) is 0.333. The van der Waals surface area contributed by atoms with Crippen LogP contribution in [0.25, 0.3) is 0 Å². The van der Waals surface area contributed by atoms with Crippen LogP contribution in [0.3, 0.4) is 0 Å². The van der Waals surface area contributed by atoms with Gasteiger partial charge in [-0.1, -0.05) is 6.92 Å². The van der Waals surface area contributed by atoms with Crippen molar-refractivity contribution < 1.29 is 1.43 Å². The van der Waals surface area contributed by atoms with Crippen molar-refractivity contribution in [3.05, 3.63) is 0 Å². The van der Waals surface area contributed by atoms with Gasteiger partial charge in [0, 0.05) is 6.97 Å². The van der Waals surface area contributed by atoms with Gasteiger partial charge < -0.3 is 5.32 Å². The van der Waals surface area contributed by atoms with Gasteiger partial charge in [0.1, 0.15) is 0 Å². The van der Waals surface area contributed by atoms with Crippen molar-refractivity contribution in [2.75, 3.05) is 7.05 Å². The van der Waals surface area contributed by atoms with Crippen LogP contribution in [-0.4, -0.2) is 12.6 Å². The summed E-state index contributed by atoms with van der Waals surface area (Å²) in [5, 5.41) is 3.19. The molecule has 1 nitrogen and oxygen atoms in total. The summed E-state index contributed by atoms with van der Waals surface area (Å²) >= 11 is 0. The maximum Gasteiger partial charge on any atom is 0.0119 e. The van der Waals surface area contributed by atoms with E-state index in [0.717, 1.165) is 0 Å². The maximum atomic E-state index is 3.19. The van der Waals surface area contributed by atoms with Crippen molar-refractivity contribution in [2.24, 2.45) is 0 Å². The highest BCUT2D eigenvalue weighted by Crippen LogP contribution is 2.03. The molecular formula is C6H17N. The highest BCUT2D eigenvalue weighted by molar-refractivity contribution is 4.71. The van der Waals surface area contributed by atoms with Crippen LogP contribution < -0.4 is 5.32 Å². The molecule has 0 aromatic carbocycles.